The van der Waals surface area contributed by atoms with Gasteiger partial charge in [0.25, 0.3) is 0 Å². The lowest BCUT2D eigenvalue weighted by Gasteiger charge is -2.21. The number of ether oxygens (including phenoxy) is 1. The van der Waals surface area contributed by atoms with Crippen LogP contribution in [0.3, 0.4) is 0 Å². The predicted octanol–water partition coefficient (Wildman–Crippen LogP) is 2.93. The summed E-state index contributed by atoms with van der Waals surface area (Å²) in [5.74, 6) is 1.03. The number of fused-ring (bicyclic) bond motifs is 1. The van der Waals surface area contributed by atoms with E-state index in [4.69, 9.17) is 4.74 Å². The SMILES string of the molecule is CCN(CC)CCC(=O)c1cccc2c1OCCC2. The van der Waals surface area contributed by atoms with Crippen LogP contribution < -0.4 is 4.74 Å². The molecule has 2 rings (SSSR count). The third-order valence-corrected chi connectivity index (χ3v) is 3.78. The lowest BCUT2D eigenvalue weighted by atomic mass is 9.99. The smallest absolute Gasteiger partial charge is 0.167 e. The minimum absolute atomic E-state index is 0.200. The van der Waals surface area contributed by atoms with Gasteiger partial charge in [0.15, 0.2) is 5.78 Å². The van der Waals surface area contributed by atoms with Crippen LogP contribution in [0, 0.1) is 0 Å². The number of Topliss-reactive ketones (excluding diaryl/α,β-unsaturated/α-hetero) is 1. The Labute approximate surface area is 115 Å². The van der Waals surface area contributed by atoms with E-state index in [1.54, 1.807) is 0 Å². The second-order valence-electron chi connectivity index (χ2n) is 4.95. The number of carbonyl (C=O) groups excluding carboxylic acids is 1. The number of rotatable bonds is 6. The summed E-state index contributed by atoms with van der Waals surface area (Å²) in [6.07, 6.45) is 2.64. The number of hydrogen-bond acceptors (Lipinski definition) is 3. The second kappa shape index (κ2) is 6.71. The van der Waals surface area contributed by atoms with Gasteiger partial charge in [-0.2, -0.15) is 0 Å². The first-order valence-electron chi connectivity index (χ1n) is 7.26. The second-order valence-corrected chi connectivity index (χ2v) is 4.95. The summed E-state index contributed by atoms with van der Waals surface area (Å²) in [5, 5.41) is 0. The highest BCUT2D eigenvalue weighted by Gasteiger charge is 2.19. The fourth-order valence-electron chi connectivity index (χ4n) is 2.54. The number of carbonyl (C=O) groups is 1. The van der Waals surface area contributed by atoms with Gasteiger partial charge in [0.1, 0.15) is 5.75 Å². The molecular formula is C16H23NO2. The van der Waals surface area contributed by atoms with Crippen molar-refractivity contribution in [2.45, 2.75) is 33.1 Å². The van der Waals surface area contributed by atoms with Crippen molar-refractivity contribution in [2.75, 3.05) is 26.2 Å². The van der Waals surface area contributed by atoms with E-state index >= 15 is 0 Å². The van der Waals surface area contributed by atoms with Gasteiger partial charge in [0, 0.05) is 13.0 Å². The van der Waals surface area contributed by atoms with E-state index in [0.29, 0.717) is 6.42 Å². The molecule has 0 spiro atoms. The normalized spacial score (nSPS) is 14.1. The Balaban J connectivity index is 2.07. The molecule has 0 fully saturated rings. The molecule has 0 aromatic heterocycles. The van der Waals surface area contributed by atoms with Gasteiger partial charge < -0.3 is 9.64 Å². The zero-order valence-electron chi connectivity index (χ0n) is 11.9. The Morgan fingerprint density at radius 3 is 2.84 bits per heavy atom. The molecule has 0 aliphatic carbocycles. The predicted molar refractivity (Wildman–Crippen MR) is 77.0 cm³/mol. The third kappa shape index (κ3) is 3.35. The standard InChI is InChI=1S/C16H23NO2/c1-3-17(4-2)11-10-15(18)14-9-5-7-13-8-6-12-19-16(13)14/h5,7,9H,3-4,6,8,10-12H2,1-2H3. The molecule has 0 atom stereocenters. The fourth-order valence-corrected chi connectivity index (χ4v) is 2.54. The largest absolute Gasteiger partial charge is 0.493 e. The van der Waals surface area contributed by atoms with E-state index < -0.39 is 0 Å². The molecule has 0 saturated carbocycles. The maximum Gasteiger partial charge on any atom is 0.167 e. The van der Waals surface area contributed by atoms with Gasteiger partial charge in [-0.15, -0.1) is 0 Å². The molecule has 0 radical (unpaired) electrons. The van der Waals surface area contributed by atoms with Gasteiger partial charge in [0.2, 0.25) is 0 Å². The highest BCUT2D eigenvalue weighted by atomic mass is 16.5. The van der Waals surface area contributed by atoms with E-state index in [1.165, 1.54) is 5.56 Å². The Morgan fingerprint density at radius 1 is 1.32 bits per heavy atom. The molecule has 104 valence electrons. The van der Waals surface area contributed by atoms with Crippen molar-refractivity contribution < 1.29 is 9.53 Å². The number of ketones is 1. The molecular weight excluding hydrogens is 238 g/mol. The Hall–Kier alpha value is -1.35. The average Bonchev–Trinajstić information content (AvgIpc) is 2.47. The number of aryl methyl sites for hydroxylation is 1. The monoisotopic (exact) mass is 261 g/mol. The number of nitrogens with zero attached hydrogens (tertiary/aromatic N) is 1. The number of para-hydroxylation sites is 1. The maximum atomic E-state index is 12.3. The van der Waals surface area contributed by atoms with Crippen LogP contribution in [0.1, 0.15) is 42.6 Å². The van der Waals surface area contributed by atoms with Crippen LogP contribution in [0.2, 0.25) is 0 Å². The first kappa shape index (κ1) is 14.1. The summed E-state index contributed by atoms with van der Waals surface area (Å²) in [4.78, 5) is 14.6. The molecule has 3 nitrogen and oxygen atoms in total. The highest BCUT2D eigenvalue weighted by Crippen LogP contribution is 2.29. The first-order chi connectivity index (χ1) is 9.26. The minimum Gasteiger partial charge on any atom is -0.493 e. The lowest BCUT2D eigenvalue weighted by molar-refractivity contribution is 0.0961. The van der Waals surface area contributed by atoms with Crippen molar-refractivity contribution in [3.63, 3.8) is 0 Å². The summed E-state index contributed by atoms with van der Waals surface area (Å²) in [6, 6.07) is 5.93. The fraction of sp³-hybridized carbons (Fsp3) is 0.562. The molecule has 1 heterocycles. The Morgan fingerprint density at radius 2 is 2.11 bits per heavy atom. The van der Waals surface area contributed by atoms with E-state index in [1.807, 2.05) is 12.1 Å². The van der Waals surface area contributed by atoms with Gasteiger partial charge >= 0.3 is 0 Å². The van der Waals surface area contributed by atoms with Gasteiger partial charge in [-0.1, -0.05) is 26.0 Å². The van der Waals surface area contributed by atoms with Gasteiger partial charge in [-0.05, 0) is 37.6 Å². The summed E-state index contributed by atoms with van der Waals surface area (Å²) in [7, 11) is 0. The van der Waals surface area contributed by atoms with Crippen molar-refractivity contribution in [1.29, 1.82) is 0 Å². The van der Waals surface area contributed by atoms with Gasteiger partial charge in [-0.25, -0.2) is 0 Å². The molecule has 1 aromatic carbocycles. The van der Waals surface area contributed by atoms with Gasteiger partial charge in [-0.3, -0.25) is 4.79 Å². The topological polar surface area (TPSA) is 29.5 Å². The van der Waals surface area contributed by atoms with Crippen LogP contribution in [0.4, 0.5) is 0 Å². The van der Waals surface area contributed by atoms with E-state index in [0.717, 1.165) is 50.4 Å². The van der Waals surface area contributed by atoms with Crippen LogP contribution >= 0.6 is 0 Å². The highest BCUT2D eigenvalue weighted by molar-refractivity contribution is 5.99. The summed E-state index contributed by atoms with van der Waals surface area (Å²) in [6.45, 7) is 7.80. The molecule has 0 saturated heterocycles. The zero-order valence-corrected chi connectivity index (χ0v) is 11.9. The summed E-state index contributed by atoms with van der Waals surface area (Å²) < 4.78 is 5.70. The van der Waals surface area contributed by atoms with Crippen molar-refractivity contribution in [1.82, 2.24) is 4.90 Å². The van der Waals surface area contributed by atoms with Crippen molar-refractivity contribution in [2.24, 2.45) is 0 Å². The maximum absolute atomic E-state index is 12.3. The van der Waals surface area contributed by atoms with E-state index in [9.17, 15) is 4.79 Å². The van der Waals surface area contributed by atoms with Crippen LogP contribution in [-0.4, -0.2) is 36.9 Å². The minimum atomic E-state index is 0.200. The molecule has 0 bridgehead atoms. The molecule has 0 N–H and O–H groups in total. The number of benzene rings is 1. The van der Waals surface area contributed by atoms with Gasteiger partial charge in [0.05, 0.1) is 12.2 Å². The number of hydrogen-bond donors (Lipinski definition) is 0. The van der Waals surface area contributed by atoms with Crippen molar-refractivity contribution >= 4 is 5.78 Å². The molecule has 1 aromatic rings. The summed E-state index contributed by atoms with van der Waals surface area (Å²) in [5.41, 5.74) is 1.95. The van der Waals surface area contributed by atoms with E-state index in [-0.39, 0.29) is 5.78 Å². The molecule has 1 aliphatic rings. The average molecular weight is 261 g/mol. The first-order valence-corrected chi connectivity index (χ1v) is 7.26. The van der Waals surface area contributed by atoms with Crippen LogP contribution in [0.25, 0.3) is 0 Å². The third-order valence-electron chi connectivity index (χ3n) is 3.78. The lowest BCUT2D eigenvalue weighted by Crippen LogP contribution is -2.26. The quantitative estimate of drug-likeness (QED) is 0.737. The molecule has 0 amide bonds. The molecule has 3 heteroatoms. The van der Waals surface area contributed by atoms with Crippen LogP contribution in [0.15, 0.2) is 18.2 Å². The van der Waals surface area contributed by atoms with E-state index in [2.05, 4.69) is 24.8 Å². The Kier molecular flexibility index (Phi) is 4.97. The Bertz CT molecular complexity index is 438. The molecule has 0 unspecified atom stereocenters. The molecule has 19 heavy (non-hydrogen) atoms. The zero-order chi connectivity index (χ0) is 13.7. The molecule has 1 aliphatic heterocycles. The summed E-state index contributed by atoms with van der Waals surface area (Å²) >= 11 is 0. The van der Waals surface area contributed by atoms with Crippen LogP contribution in [-0.2, 0) is 6.42 Å². The van der Waals surface area contributed by atoms with Crippen molar-refractivity contribution in [3.8, 4) is 5.75 Å². The van der Waals surface area contributed by atoms with Crippen LogP contribution in [0.5, 0.6) is 5.75 Å². The van der Waals surface area contributed by atoms with Crippen molar-refractivity contribution in [3.05, 3.63) is 29.3 Å².